The average Bonchev–Trinajstić information content (AvgIpc) is 3.06. The number of phenols is 8. The van der Waals surface area contributed by atoms with E-state index in [-0.39, 0.29) is 22.6 Å². The molecule has 10 N–H and O–H groups in total. The third kappa shape index (κ3) is 6.77. The Morgan fingerprint density at radius 2 is 1.16 bits per heavy atom. The van der Waals surface area contributed by atoms with Crippen LogP contribution in [0.25, 0.3) is 0 Å². The summed E-state index contributed by atoms with van der Waals surface area (Å²) in [6, 6.07) is 11.6. The van der Waals surface area contributed by atoms with Gasteiger partial charge in [0.1, 0.15) is 65.3 Å². The van der Waals surface area contributed by atoms with Crippen LogP contribution >= 0.6 is 0 Å². The molecule has 5 atom stereocenters. The number of aliphatic hydroxyl groups is 2. The third-order valence-electron chi connectivity index (χ3n) is 7.66. The molecule has 1 fully saturated rings. The van der Waals surface area contributed by atoms with E-state index in [0.29, 0.717) is 18.2 Å². The summed E-state index contributed by atoms with van der Waals surface area (Å²) in [5, 5.41) is 103. The number of aromatic hydroxyl groups is 8. The van der Waals surface area contributed by atoms with Crippen molar-refractivity contribution in [3.63, 3.8) is 0 Å². The monoisotopic (exact) mass is 680 g/mol. The Morgan fingerprint density at radius 3 is 1.73 bits per heavy atom. The predicted molar refractivity (Wildman–Crippen MR) is 162 cm³/mol. The van der Waals surface area contributed by atoms with E-state index in [1.807, 2.05) is 0 Å². The number of ether oxygens (including phenoxy) is 3. The van der Waals surface area contributed by atoms with Crippen molar-refractivity contribution < 1.29 is 79.7 Å². The van der Waals surface area contributed by atoms with Crippen LogP contribution in [0.1, 0.15) is 48.3 Å². The summed E-state index contributed by atoms with van der Waals surface area (Å²) in [6.07, 6.45) is -9.80. The average molecular weight is 681 g/mol. The number of phenolic OH excluding ortho intramolecular Hbond substituents is 8. The summed E-state index contributed by atoms with van der Waals surface area (Å²) in [5.74, 6) is -9.43. The Morgan fingerprint density at radius 1 is 0.612 bits per heavy atom. The highest BCUT2D eigenvalue weighted by atomic mass is 16.6. The minimum atomic E-state index is -2.14. The van der Waals surface area contributed by atoms with E-state index in [2.05, 4.69) is 0 Å². The summed E-state index contributed by atoms with van der Waals surface area (Å²) in [7, 11) is 0. The Hall–Kier alpha value is -6.23. The van der Waals surface area contributed by atoms with Crippen LogP contribution in [0, 0.1) is 0 Å². The van der Waals surface area contributed by atoms with Gasteiger partial charge in [-0.2, -0.15) is 0 Å². The van der Waals surface area contributed by atoms with Gasteiger partial charge in [0, 0.05) is 11.6 Å². The van der Waals surface area contributed by atoms with Crippen molar-refractivity contribution >= 4 is 17.7 Å². The Bertz CT molecular complexity index is 1880. The van der Waals surface area contributed by atoms with Crippen LogP contribution in [-0.2, 0) is 14.2 Å². The molecule has 0 spiro atoms. The fourth-order valence-electron chi connectivity index (χ4n) is 5.11. The van der Waals surface area contributed by atoms with E-state index < -0.39 is 106 Å². The van der Waals surface area contributed by atoms with Gasteiger partial charge in [-0.25, -0.2) is 9.59 Å². The first-order chi connectivity index (χ1) is 23.2. The van der Waals surface area contributed by atoms with Crippen molar-refractivity contribution in [1.29, 1.82) is 0 Å². The molecule has 1 aliphatic rings. The SMILES string of the molecule is O=C(OC[C@H]1O[C@@H](c2c(O)cc(O)c(C(=O)c3ccc(O)cc3)c2O)[C@H](OC(=O)c2cc(O)c(O)c(O)c2)[C@@H](O)[C@@H]1O)c1ccc(O)cc1. The van der Waals surface area contributed by atoms with Gasteiger partial charge in [0.05, 0.1) is 16.7 Å². The van der Waals surface area contributed by atoms with Gasteiger partial charge in [0.15, 0.2) is 23.4 Å². The molecule has 49 heavy (non-hydrogen) atoms. The smallest absolute Gasteiger partial charge is 0.338 e. The van der Waals surface area contributed by atoms with Gasteiger partial charge in [-0.05, 0) is 60.7 Å². The molecule has 1 saturated heterocycles. The molecule has 4 aromatic rings. The number of hydrogen-bond acceptors (Lipinski definition) is 16. The first-order valence-corrected chi connectivity index (χ1v) is 14.2. The molecular formula is C33H28O16. The lowest BCUT2D eigenvalue weighted by Gasteiger charge is -2.42. The molecule has 16 heteroatoms. The summed E-state index contributed by atoms with van der Waals surface area (Å²) in [6.45, 7) is -0.770. The molecule has 256 valence electrons. The molecule has 1 heterocycles. The van der Waals surface area contributed by atoms with Crippen LogP contribution in [0.2, 0.25) is 0 Å². The lowest BCUT2D eigenvalue weighted by atomic mass is 9.88. The van der Waals surface area contributed by atoms with Crippen molar-refractivity contribution in [2.45, 2.75) is 30.5 Å². The van der Waals surface area contributed by atoms with E-state index in [9.17, 15) is 65.4 Å². The van der Waals surface area contributed by atoms with Gasteiger partial charge in [-0.15, -0.1) is 0 Å². The van der Waals surface area contributed by atoms with Gasteiger partial charge >= 0.3 is 11.9 Å². The number of esters is 2. The van der Waals surface area contributed by atoms with Crippen molar-refractivity contribution in [2.75, 3.05) is 6.61 Å². The number of carbonyl (C=O) groups is 3. The maximum Gasteiger partial charge on any atom is 0.338 e. The second kappa shape index (κ2) is 13.5. The second-order valence-electron chi connectivity index (χ2n) is 10.9. The van der Waals surface area contributed by atoms with Crippen molar-refractivity contribution in [3.8, 4) is 46.0 Å². The maximum absolute atomic E-state index is 13.4. The van der Waals surface area contributed by atoms with Crippen LogP contribution in [0.3, 0.4) is 0 Å². The minimum absolute atomic E-state index is 0.0152. The molecule has 0 saturated carbocycles. The molecule has 0 bridgehead atoms. The van der Waals surface area contributed by atoms with Crippen LogP contribution in [0.4, 0.5) is 0 Å². The highest BCUT2D eigenvalue weighted by molar-refractivity contribution is 6.13. The predicted octanol–water partition coefficient (Wildman–Crippen LogP) is 1.81. The lowest BCUT2D eigenvalue weighted by Crippen LogP contribution is -2.57. The summed E-state index contributed by atoms with van der Waals surface area (Å²) in [4.78, 5) is 39.1. The highest BCUT2D eigenvalue weighted by Crippen LogP contribution is 2.47. The first-order valence-electron chi connectivity index (χ1n) is 14.2. The Kier molecular flexibility index (Phi) is 9.38. The number of aliphatic hydroxyl groups excluding tert-OH is 2. The summed E-state index contributed by atoms with van der Waals surface area (Å²) in [5.41, 5.74) is -2.22. The number of rotatable bonds is 8. The quantitative estimate of drug-likeness (QED) is 0.0721. The first kappa shape index (κ1) is 34.1. The minimum Gasteiger partial charge on any atom is -0.508 e. The van der Waals surface area contributed by atoms with Gasteiger partial charge in [-0.1, -0.05) is 0 Å². The fourth-order valence-corrected chi connectivity index (χ4v) is 5.11. The summed E-state index contributed by atoms with van der Waals surface area (Å²) < 4.78 is 16.4. The van der Waals surface area contributed by atoms with Crippen molar-refractivity contribution in [2.24, 2.45) is 0 Å². The molecule has 0 aliphatic carbocycles. The molecule has 16 nitrogen and oxygen atoms in total. The van der Waals surface area contributed by atoms with Gasteiger partial charge in [0.2, 0.25) is 5.78 Å². The molecule has 5 rings (SSSR count). The largest absolute Gasteiger partial charge is 0.508 e. The topological polar surface area (TPSA) is 281 Å². The maximum atomic E-state index is 13.4. The van der Waals surface area contributed by atoms with E-state index in [1.165, 1.54) is 36.4 Å². The van der Waals surface area contributed by atoms with Gasteiger partial charge in [0.25, 0.3) is 0 Å². The Balaban J connectivity index is 1.54. The van der Waals surface area contributed by atoms with E-state index in [1.54, 1.807) is 0 Å². The van der Waals surface area contributed by atoms with E-state index >= 15 is 0 Å². The normalized spacial score (nSPS) is 20.3. The molecular weight excluding hydrogens is 652 g/mol. The lowest BCUT2D eigenvalue weighted by molar-refractivity contribution is -0.232. The van der Waals surface area contributed by atoms with Crippen molar-refractivity contribution in [1.82, 2.24) is 0 Å². The van der Waals surface area contributed by atoms with E-state index in [4.69, 9.17) is 14.2 Å². The molecule has 4 aromatic carbocycles. The van der Waals surface area contributed by atoms with Crippen LogP contribution in [0.5, 0.6) is 46.0 Å². The van der Waals surface area contributed by atoms with E-state index in [0.717, 1.165) is 12.1 Å². The third-order valence-corrected chi connectivity index (χ3v) is 7.66. The van der Waals surface area contributed by atoms with Crippen LogP contribution in [0.15, 0.2) is 66.7 Å². The Labute approximate surface area is 275 Å². The zero-order valence-electron chi connectivity index (χ0n) is 24.9. The molecule has 0 radical (unpaired) electrons. The molecule has 0 aromatic heterocycles. The molecule has 0 amide bonds. The number of hydrogen-bond donors (Lipinski definition) is 10. The number of carbonyl (C=O) groups excluding carboxylic acids is 3. The second-order valence-corrected chi connectivity index (χ2v) is 10.9. The summed E-state index contributed by atoms with van der Waals surface area (Å²) >= 11 is 0. The zero-order chi connectivity index (χ0) is 35.7. The van der Waals surface area contributed by atoms with Crippen LogP contribution in [-0.4, -0.2) is 99.8 Å². The van der Waals surface area contributed by atoms with Gasteiger partial charge in [-0.3, -0.25) is 4.79 Å². The molecule has 1 aliphatic heterocycles. The van der Waals surface area contributed by atoms with Crippen LogP contribution < -0.4 is 0 Å². The van der Waals surface area contributed by atoms with Crippen molar-refractivity contribution in [3.05, 3.63) is 94.5 Å². The number of ketones is 1. The highest BCUT2D eigenvalue weighted by Gasteiger charge is 2.50. The van der Waals surface area contributed by atoms with Gasteiger partial charge < -0.3 is 65.3 Å². The number of benzene rings is 4. The molecule has 0 unspecified atom stereocenters. The zero-order valence-corrected chi connectivity index (χ0v) is 24.9. The standard InChI is InChI=1S/C33H28O16/c34-16-5-1-13(2-6-16)25(40)23-18(36)11-19(37)24(28(23)43)30-31(49-33(46)15-9-20(38)26(41)21(39)10-15)29(44)27(42)22(48-30)12-47-32(45)14-3-7-17(35)8-4-14/h1-11,22,27,29-31,34-39,41-44H,12H2/t22-,27-,29+,30+,31-/m1/s1. The fraction of sp³-hybridized carbons (Fsp3) is 0.182.